The highest BCUT2D eigenvalue weighted by atomic mass is 32.1. The van der Waals surface area contributed by atoms with Crippen LogP contribution < -0.4 is 0 Å². The molecule has 0 atom stereocenters. The lowest BCUT2D eigenvalue weighted by Crippen LogP contribution is -2.38. The van der Waals surface area contributed by atoms with E-state index >= 15 is 0 Å². The Kier molecular flexibility index (Phi) is 2.58. The molecular weight excluding hydrogens is 238 g/mol. The van der Waals surface area contributed by atoms with Crippen LogP contribution >= 0.6 is 22.7 Å². The van der Waals surface area contributed by atoms with Crippen LogP contribution in [-0.2, 0) is 5.41 Å². The first-order valence-corrected chi connectivity index (χ1v) is 7.21. The fourth-order valence-electron chi connectivity index (χ4n) is 2.13. The minimum Gasteiger partial charge on any atom is -0.395 e. The van der Waals surface area contributed by atoms with E-state index in [1.54, 1.807) is 22.7 Å². The Morgan fingerprint density at radius 2 is 2.25 bits per heavy atom. The van der Waals surface area contributed by atoms with Crippen molar-refractivity contribution in [3.8, 4) is 9.88 Å². The summed E-state index contributed by atoms with van der Waals surface area (Å²) in [4.78, 5) is 5.91. The minimum atomic E-state index is -0.0218. The molecule has 2 aromatic rings. The molecule has 0 aliphatic heterocycles. The lowest BCUT2D eigenvalue weighted by Gasteiger charge is -2.38. The highest BCUT2D eigenvalue weighted by Gasteiger charge is 2.40. The van der Waals surface area contributed by atoms with Gasteiger partial charge in [-0.25, -0.2) is 4.98 Å². The molecule has 2 heterocycles. The van der Waals surface area contributed by atoms with Crippen molar-refractivity contribution in [2.75, 3.05) is 6.61 Å². The molecule has 0 spiro atoms. The van der Waals surface area contributed by atoms with Gasteiger partial charge in [-0.15, -0.1) is 22.7 Å². The van der Waals surface area contributed by atoms with Gasteiger partial charge in [-0.1, -0.05) is 12.5 Å². The molecule has 0 radical (unpaired) electrons. The summed E-state index contributed by atoms with van der Waals surface area (Å²) in [6.07, 6.45) is 3.38. The van der Waals surface area contributed by atoms with Gasteiger partial charge in [0.2, 0.25) is 0 Å². The van der Waals surface area contributed by atoms with Gasteiger partial charge < -0.3 is 5.11 Å². The van der Waals surface area contributed by atoms with Gasteiger partial charge in [0.1, 0.15) is 5.01 Å². The zero-order chi connectivity index (χ0) is 11.0. The molecule has 1 saturated carbocycles. The van der Waals surface area contributed by atoms with Crippen LogP contribution in [0.25, 0.3) is 9.88 Å². The molecule has 1 N–H and O–H groups in total. The van der Waals surface area contributed by atoms with Gasteiger partial charge in [-0.2, -0.15) is 0 Å². The molecule has 4 heteroatoms. The molecule has 2 nitrogen and oxygen atoms in total. The van der Waals surface area contributed by atoms with Gasteiger partial charge in [0.15, 0.2) is 0 Å². The van der Waals surface area contributed by atoms with Crippen molar-refractivity contribution in [2.45, 2.75) is 24.7 Å². The van der Waals surface area contributed by atoms with Crippen LogP contribution in [-0.4, -0.2) is 16.7 Å². The molecule has 1 fully saturated rings. The first-order valence-electron chi connectivity index (χ1n) is 5.45. The Morgan fingerprint density at radius 3 is 2.81 bits per heavy atom. The second-order valence-corrected chi connectivity index (χ2v) is 6.11. The van der Waals surface area contributed by atoms with E-state index in [-0.39, 0.29) is 12.0 Å². The van der Waals surface area contributed by atoms with Crippen molar-refractivity contribution >= 4 is 22.7 Å². The zero-order valence-electron chi connectivity index (χ0n) is 8.85. The van der Waals surface area contributed by atoms with E-state index in [1.165, 1.54) is 11.3 Å². The van der Waals surface area contributed by atoms with E-state index in [4.69, 9.17) is 0 Å². The maximum absolute atomic E-state index is 9.50. The summed E-state index contributed by atoms with van der Waals surface area (Å²) in [5.41, 5.74) is 1.07. The topological polar surface area (TPSA) is 33.1 Å². The molecule has 0 bridgehead atoms. The Balaban J connectivity index is 1.93. The van der Waals surface area contributed by atoms with Gasteiger partial charge in [0, 0.05) is 10.8 Å². The fourth-order valence-corrected chi connectivity index (χ4v) is 3.89. The third-order valence-corrected chi connectivity index (χ3v) is 5.27. The zero-order valence-corrected chi connectivity index (χ0v) is 10.5. The SMILES string of the molecule is OCC1(c2csc(-c3cccs3)n2)CCC1. The second kappa shape index (κ2) is 3.95. The number of thiophene rings is 1. The highest BCUT2D eigenvalue weighted by molar-refractivity contribution is 7.20. The number of aliphatic hydroxyl groups is 1. The standard InChI is InChI=1S/C12H13NOS2/c14-8-12(4-2-5-12)10-7-16-11(13-10)9-3-1-6-15-9/h1,3,6-7,14H,2,4-5,8H2. The van der Waals surface area contributed by atoms with Gasteiger partial charge in [0.25, 0.3) is 0 Å². The molecule has 16 heavy (non-hydrogen) atoms. The molecule has 0 aromatic carbocycles. The lowest BCUT2D eigenvalue weighted by molar-refractivity contribution is 0.117. The van der Waals surface area contributed by atoms with Crippen LogP contribution in [0.5, 0.6) is 0 Å². The number of aliphatic hydroxyl groups excluding tert-OH is 1. The van der Waals surface area contributed by atoms with Gasteiger partial charge >= 0.3 is 0 Å². The van der Waals surface area contributed by atoms with E-state index in [9.17, 15) is 5.11 Å². The van der Waals surface area contributed by atoms with E-state index < -0.39 is 0 Å². The number of hydrogen-bond acceptors (Lipinski definition) is 4. The Hall–Kier alpha value is -0.710. The van der Waals surface area contributed by atoms with E-state index in [0.717, 1.165) is 23.5 Å². The van der Waals surface area contributed by atoms with E-state index in [0.29, 0.717) is 0 Å². The van der Waals surface area contributed by atoms with Crippen LogP contribution in [0.1, 0.15) is 25.0 Å². The van der Waals surface area contributed by atoms with Gasteiger partial charge in [0.05, 0.1) is 17.2 Å². The molecule has 3 rings (SSSR count). The molecule has 1 aliphatic carbocycles. The quantitative estimate of drug-likeness (QED) is 0.908. The molecule has 0 saturated heterocycles. The largest absolute Gasteiger partial charge is 0.395 e. The van der Waals surface area contributed by atoms with Crippen molar-refractivity contribution in [3.05, 3.63) is 28.6 Å². The van der Waals surface area contributed by atoms with Gasteiger partial charge in [-0.05, 0) is 24.3 Å². The smallest absolute Gasteiger partial charge is 0.133 e. The Labute approximate surface area is 103 Å². The summed E-state index contributed by atoms with van der Waals surface area (Å²) < 4.78 is 0. The molecular formula is C12H13NOS2. The average molecular weight is 251 g/mol. The highest BCUT2D eigenvalue weighted by Crippen LogP contribution is 2.44. The number of rotatable bonds is 3. The third-order valence-electron chi connectivity index (χ3n) is 3.39. The summed E-state index contributed by atoms with van der Waals surface area (Å²) >= 11 is 3.41. The van der Waals surface area contributed by atoms with Crippen molar-refractivity contribution in [1.82, 2.24) is 4.98 Å². The lowest BCUT2D eigenvalue weighted by atomic mass is 9.67. The predicted octanol–water partition coefficient (Wildman–Crippen LogP) is 3.29. The van der Waals surface area contributed by atoms with E-state index in [2.05, 4.69) is 21.8 Å². The number of aromatic nitrogens is 1. The summed E-state index contributed by atoms with van der Waals surface area (Å²) in [6.45, 7) is 0.237. The molecule has 1 aliphatic rings. The van der Waals surface area contributed by atoms with Crippen molar-refractivity contribution in [3.63, 3.8) is 0 Å². The van der Waals surface area contributed by atoms with E-state index in [1.807, 2.05) is 6.07 Å². The van der Waals surface area contributed by atoms with Crippen molar-refractivity contribution < 1.29 is 5.11 Å². The average Bonchev–Trinajstić information content (AvgIpc) is 2.86. The first-order chi connectivity index (χ1) is 7.84. The minimum absolute atomic E-state index is 0.0218. The van der Waals surface area contributed by atoms with Crippen molar-refractivity contribution in [1.29, 1.82) is 0 Å². The molecule has 2 aromatic heterocycles. The van der Waals surface area contributed by atoms with Crippen LogP contribution in [0, 0.1) is 0 Å². The maximum Gasteiger partial charge on any atom is 0.133 e. The predicted molar refractivity (Wildman–Crippen MR) is 68.0 cm³/mol. The number of thiazole rings is 1. The Morgan fingerprint density at radius 1 is 1.38 bits per heavy atom. The fraction of sp³-hybridized carbons (Fsp3) is 0.417. The van der Waals surface area contributed by atoms with Crippen LogP contribution in [0.2, 0.25) is 0 Å². The Bertz CT molecular complexity index is 465. The third kappa shape index (κ3) is 1.52. The van der Waals surface area contributed by atoms with Crippen molar-refractivity contribution in [2.24, 2.45) is 0 Å². The monoisotopic (exact) mass is 251 g/mol. The van der Waals surface area contributed by atoms with Crippen LogP contribution in [0.4, 0.5) is 0 Å². The summed E-state index contributed by atoms with van der Waals surface area (Å²) in [6, 6.07) is 4.14. The summed E-state index contributed by atoms with van der Waals surface area (Å²) in [7, 11) is 0. The maximum atomic E-state index is 9.50. The normalized spacial score (nSPS) is 18.3. The van der Waals surface area contributed by atoms with Crippen LogP contribution in [0.3, 0.4) is 0 Å². The number of hydrogen-bond donors (Lipinski definition) is 1. The first kappa shape index (κ1) is 10.4. The van der Waals surface area contributed by atoms with Crippen LogP contribution in [0.15, 0.2) is 22.9 Å². The number of nitrogens with zero attached hydrogens (tertiary/aromatic N) is 1. The summed E-state index contributed by atoms with van der Waals surface area (Å²) in [5, 5.41) is 14.8. The van der Waals surface area contributed by atoms with Gasteiger partial charge in [-0.3, -0.25) is 0 Å². The molecule has 84 valence electrons. The molecule has 0 unspecified atom stereocenters. The molecule has 0 amide bonds. The second-order valence-electron chi connectivity index (χ2n) is 4.31. The summed E-state index contributed by atoms with van der Waals surface area (Å²) in [5.74, 6) is 0.